The molecule has 1 aromatic heterocycles. The Morgan fingerprint density at radius 2 is 1.88 bits per heavy atom. The van der Waals surface area contributed by atoms with Crippen LogP contribution in [0.4, 0.5) is 9.52 Å². The average Bonchev–Trinajstić information content (AvgIpc) is 3.00. The van der Waals surface area contributed by atoms with Crippen molar-refractivity contribution in [3.63, 3.8) is 0 Å². The molecule has 0 radical (unpaired) electrons. The number of nitrogens with zero attached hydrogens (tertiary/aromatic N) is 3. The third-order valence-electron chi connectivity index (χ3n) is 3.71. The largest absolute Gasteiger partial charge is 0.308 e. The second kappa shape index (κ2) is 8.77. The van der Waals surface area contributed by atoms with Crippen LogP contribution in [0.5, 0.6) is 0 Å². The molecule has 1 heterocycles. The van der Waals surface area contributed by atoms with Crippen LogP contribution >= 0.6 is 35.3 Å². The van der Waals surface area contributed by atoms with Crippen LogP contribution < -0.4 is 4.90 Å². The average molecular weight is 414 g/mol. The van der Waals surface area contributed by atoms with Gasteiger partial charge in [-0.25, -0.2) is 9.37 Å². The summed E-state index contributed by atoms with van der Waals surface area (Å²) in [5, 5.41) is 0.849. The van der Waals surface area contributed by atoms with Gasteiger partial charge in [0.25, 0.3) is 5.91 Å². The molecule has 0 spiro atoms. The second-order valence-corrected chi connectivity index (χ2v) is 7.24. The molecule has 0 N–H and O–H groups in total. The summed E-state index contributed by atoms with van der Waals surface area (Å²) in [6, 6.07) is 11.7. The Hall–Kier alpha value is -1.73. The summed E-state index contributed by atoms with van der Waals surface area (Å²) in [4.78, 5) is 20.9. The van der Waals surface area contributed by atoms with Gasteiger partial charge in [-0.3, -0.25) is 9.69 Å². The molecule has 0 saturated heterocycles. The molecule has 0 saturated carbocycles. The smallest absolute Gasteiger partial charge is 0.261 e. The number of carbonyl (C=O) groups is 1. The van der Waals surface area contributed by atoms with Gasteiger partial charge in [0.05, 0.1) is 15.3 Å². The topological polar surface area (TPSA) is 36.4 Å². The molecule has 0 aliphatic heterocycles. The van der Waals surface area contributed by atoms with Crippen LogP contribution in [0.15, 0.2) is 42.5 Å². The number of fused-ring (bicyclic) bond motifs is 1. The normalized spacial score (nSPS) is 10.8. The molecule has 3 rings (SSSR count). The lowest BCUT2D eigenvalue weighted by atomic mass is 10.2. The van der Waals surface area contributed by atoms with E-state index in [1.54, 1.807) is 41.3 Å². The highest BCUT2D eigenvalue weighted by Crippen LogP contribution is 2.31. The Kier molecular flexibility index (Phi) is 6.94. The Balaban J connectivity index is 0.00000243. The van der Waals surface area contributed by atoms with Gasteiger partial charge in [-0.05, 0) is 38.4 Å². The van der Waals surface area contributed by atoms with Crippen LogP contribution in [0, 0.1) is 5.82 Å². The van der Waals surface area contributed by atoms with E-state index in [0.29, 0.717) is 33.5 Å². The second-order valence-electron chi connectivity index (χ2n) is 5.82. The molecule has 0 atom stereocenters. The van der Waals surface area contributed by atoms with Crippen molar-refractivity contribution in [2.24, 2.45) is 0 Å². The summed E-state index contributed by atoms with van der Waals surface area (Å²) in [6.45, 7) is 1.08. The van der Waals surface area contributed by atoms with Crippen molar-refractivity contribution in [2.45, 2.75) is 0 Å². The fourth-order valence-electron chi connectivity index (χ4n) is 2.38. The number of carbonyl (C=O) groups excluding carboxylic acids is 1. The molecule has 2 aromatic carbocycles. The van der Waals surface area contributed by atoms with E-state index in [4.69, 9.17) is 11.6 Å². The van der Waals surface area contributed by atoms with Crippen molar-refractivity contribution in [1.82, 2.24) is 9.88 Å². The molecular formula is C18H18Cl2FN3OS. The van der Waals surface area contributed by atoms with E-state index in [0.717, 1.165) is 0 Å². The lowest BCUT2D eigenvalue weighted by Gasteiger charge is -2.22. The third kappa shape index (κ3) is 4.32. The van der Waals surface area contributed by atoms with E-state index < -0.39 is 5.82 Å². The van der Waals surface area contributed by atoms with Gasteiger partial charge in [0.2, 0.25) is 0 Å². The molecule has 0 aliphatic rings. The minimum atomic E-state index is -0.391. The minimum absolute atomic E-state index is 0. The zero-order valence-electron chi connectivity index (χ0n) is 14.3. The Morgan fingerprint density at radius 1 is 1.15 bits per heavy atom. The SMILES string of the molecule is CN(C)CCN(C(=O)c1ccccc1Cl)c1nc2c(F)cccc2s1.Cl. The predicted octanol–water partition coefficient (Wildman–Crippen LogP) is 4.72. The van der Waals surface area contributed by atoms with Crippen LogP contribution in [0.3, 0.4) is 0 Å². The maximum Gasteiger partial charge on any atom is 0.261 e. The van der Waals surface area contributed by atoms with Gasteiger partial charge in [-0.2, -0.15) is 0 Å². The number of amides is 1. The number of anilines is 1. The molecule has 4 nitrogen and oxygen atoms in total. The monoisotopic (exact) mass is 413 g/mol. The van der Waals surface area contributed by atoms with Crippen LogP contribution in [-0.4, -0.2) is 43.0 Å². The van der Waals surface area contributed by atoms with Gasteiger partial charge in [0.1, 0.15) is 11.3 Å². The quantitative estimate of drug-likeness (QED) is 0.606. The molecule has 0 bridgehead atoms. The molecule has 0 fully saturated rings. The molecule has 0 unspecified atom stereocenters. The summed E-state index contributed by atoms with van der Waals surface area (Å²) in [5.74, 6) is -0.635. The first-order chi connectivity index (χ1) is 12.0. The molecule has 3 aromatic rings. The van der Waals surface area contributed by atoms with Crippen molar-refractivity contribution < 1.29 is 9.18 Å². The first-order valence-corrected chi connectivity index (χ1v) is 8.93. The third-order valence-corrected chi connectivity index (χ3v) is 5.08. The fourth-order valence-corrected chi connectivity index (χ4v) is 3.60. The van der Waals surface area contributed by atoms with Gasteiger partial charge >= 0.3 is 0 Å². The standard InChI is InChI=1S/C18H17ClFN3OS.ClH/c1-22(2)10-11-23(17(24)12-6-3-4-7-13(12)19)18-21-16-14(20)8-5-9-15(16)25-18;/h3-9H,10-11H2,1-2H3;1H. The highest BCUT2D eigenvalue weighted by Gasteiger charge is 2.23. The van der Waals surface area contributed by atoms with Crippen molar-refractivity contribution in [2.75, 3.05) is 32.1 Å². The molecule has 8 heteroatoms. The Labute approximate surface area is 166 Å². The summed E-state index contributed by atoms with van der Waals surface area (Å²) < 4.78 is 14.7. The number of halogens is 3. The van der Waals surface area contributed by atoms with Gasteiger partial charge in [-0.15, -0.1) is 12.4 Å². The maximum atomic E-state index is 14.0. The number of thiazole rings is 1. The number of rotatable bonds is 5. The van der Waals surface area contributed by atoms with Gasteiger partial charge in [0.15, 0.2) is 5.13 Å². The van der Waals surface area contributed by atoms with Crippen LogP contribution in [0.2, 0.25) is 5.02 Å². The highest BCUT2D eigenvalue weighted by atomic mass is 35.5. The number of para-hydroxylation sites is 1. The zero-order valence-corrected chi connectivity index (χ0v) is 16.7. The minimum Gasteiger partial charge on any atom is -0.308 e. The fraction of sp³-hybridized carbons (Fsp3) is 0.222. The molecule has 0 aliphatic carbocycles. The van der Waals surface area contributed by atoms with Crippen LogP contribution in [-0.2, 0) is 0 Å². The van der Waals surface area contributed by atoms with Gasteiger partial charge in [0, 0.05) is 13.1 Å². The van der Waals surface area contributed by atoms with E-state index in [-0.39, 0.29) is 23.8 Å². The lowest BCUT2D eigenvalue weighted by Crippen LogP contribution is -2.36. The number of hydrogen-bond acceptors (Lipinski definition) is 4. The number of likely N-dealkylation sites (N-methyl/N-ethyl adjacent to an activating group) is 1. The number of benzene rings is 2. The Bertz CT molecular complexity index is 916. The first-order valence-electron chi connectivity index (χ1n) is 7.73. The van der Waals surface area contributed by atoms with Crippen LogP contribution in [0.1, 0.15) is 10.4 Å². The summed E-state index contributed by atoms with van der Waals surface area (Å²) >= 11 is 7.47. The van der Waals surface area contributed by atoms with E-state index in [9.17, 15) is 9.18 Å². The number of hydrogen-bond donors (Lipinski definition) is 0. The van der Waals surface area contributed by atoms with Gasteiger partial charge < -0.3 is 4.90 Å². The van der Waals surface area contributed by atoms with Crippen molar-refractivity contribution in [3.8, 4) is 0 Å². The van der Waals surface area contributed by atoms with E-state index >= 15 is 0 Å². The summed E-state index contributed by atoms with van der Waals surface area (Å²) in [6.07, 6.45) is 0. The molecule has 26 heavy (non-hydrogen) atoms. The maximum absolute atomic E-state index is 14.0. The van der Waals surface area contributed by atoms with Crippen LogP contribution in [0.25, 0.3) is 10.2 Å². The van der Waals surface area contributed by atoms with Crippen molar-refractivity contribution >= 4 is 56.6 Å². The lowest BCUT2D eigenvalue weighted by molar-refractivity contribution is 0.0985. The first kappa shape index (κ1) is 20.6. The number of aromatic nitrogens is 1. The molecular weight excluding hydrogens is 396 g/mol. The Morgan fingerprint density at radius 3 is 2.54 bits per heavy atom. The van der Waals surface area contributed by atoms with E-state index in [2.05, 4.69) is 4.98 Å². The molecule has 138 valence electrons. The van der Waals surface area contributed by atoms with E-state index in [1.807, 2.05) is 19.0 Å². The van der Waals surface area contributed by atoms with E-state index in [1.165, 1.54) is 17.4 Å². The predicted molar refractivity (Wildman–Crippen MR) is 109 cm³/mol. The summed E-state index contributed by atoms with van der Waals surface area (Å²) in [7, 11) is 3.85. The van der Waals surface area contributed by atoms with Crippen molar-refractivity contribution in [3.05, 3.63) is 58.9 Å². The molecule has 1 amide bonds. The zero-order chi connectivity index (χ0) is 18.0. The van der Waals surface area contributed by atoms with Gasteiger partial charge in [-0.1, -0.05) is 41.1 Å². The highest BCUT2D eigenvalue weighted by molar-refractivity contribution is 7.22. The summed E-state index contributed by atoms with van der Waals surface area (Å²) in [5.41, 5.74) is 0.687. The van der Waals surface area contributed by atoms with Crippen molar-refractivity contribution in [1.29, 1.82) is 0 Å².